The molecule has 1 unspecified atom stereocenters. The molecule has 5 nitrogen and oxygen atoms in total. The van der Waals surface area contributed by atoms with Gasteiger partial charge in [0.25, 0.3) is 11.7 Å². The van der Waals surface area contributed by atoms with E-state index in [1.165, 1.54) is 4.90 Å². The van der Waals surface area contributed by atoms with Crippen molar-refractivity contribution in [3.05, 3.63) is 101 Å². The number of aliphatic hydroxyl groups is 1. The molecule has 1 amide bonds. The number of anilines is 1. The van der Waals surface area contributed by atoms with E-state index in [-0.39, 0.29) is 22.9 Å². The molecular weight excluding hydrogens is 474 g/mol. The second-order valence-corrected chi connectivity index (χ2v) is 11.5. The molecule has 1 aliphatic heterocycles. The van der Waals surface area contributed by atoms with E-state index in [0.29, 0.717) is 22.9 Å². The number of Topliss-reactive ketones (excluding diaryl/α,β-unsaturated/α-hetero) is 1. The van der Waals surface area contributed by atoms with E-state index in [4.69, 9.17) is 4.74 Å². The predicted molar refractivity (Wildman–Crippen MR) is 153 cm³/mol. The fraction of sp³-hybridized carbons (Fsp3) is 0.333. The highest BCUT2D eigenvalue weighted by Gasteiger charge is 2.47. The van der Waals surface area contributed by atoms with Crippen LogP contribution in [0.3, 0.4) is 0 Å². The Morgan fingerprint density at radius 3 is 1.92 bits per heavy atom. The first-order valence-corrected chi connectivity index (χ1v) is 13.2. The molecule has 0 aromatic heterocycles. The highest BCUT2D eigenvalue weighted by Crippen LogP contribution is 2.43. The molecule has 1 fully saturated rings. The summed E-state index contributed by atoms with van der Waals surface area (Å²) in [5.74, 6) is -0.568. The minimum atomic E-state index is -0.763. The molecule has 0 radical (unpaired) electrons. The minimum absolute atomic E-state index is 0.0120. The van der Waals surface area contributed by atoms with Gasteiger partial charge in [-0.25, -0.2) is 0 Å². The third kappa shape index (κ3) is 5.38. The van der Waals surface area contributed by atoms with E-state index in [2.05, 4.69) is 34.6 Å². The number of ether oxygens (including phenoxy) is 1. The molecule has 1 N–H and O–H groups in total. The first-order chi connectivity index (χ1) is 17.9. The van der Waals surface area contributed by atoms with Crippen molar-refractivity contribution >= 4 is 23.1 Å². The van der Waals surface area contributed by atoms with Crippen LogP contribution in [0, 0.1) is 0 Å². The van der Waals surface area contributed by atoms with Crippen molar-refractivity contribution in [1.29, 1.82) is 0 Å². The van der Waals surface area contributed by atoms with Gasteiger partial charge in [-0.2, -0.15) is 0 Å². The van der Waals surface area contributed by atoms with E-state index in [9.17, 15) is 14.7 Å². The fourth-order valence-electron chi connectivity index (χ4n) is 4.72. The van der Waals surface area contributed by atoms with Gasteiger partial charge in [0, 0.05) is 11.3 Å². The topological polar surface area (TPSA) is 66.8 Å². The van der Waals surface area contributed by atoms with Gasteiger partial charge in [-0.05, 0) is 78.3 Å². The van der Waals surface area contributed by atoms with E-state index in [1.54, 1.807) is 24.3 Å². The van der Waals surface area contributed by atoms with Crippen molar-refractivity contribution in [2.45, 2.75) is 71.9 Å². The smallest absolute Gasteiger partial charge is 0.300 e. The maximum atomic E-state index is 13.5. The lowest BCUT2D eigenvalue weighted by Gasteiger charge is -2.27. The lowest BCUT2D eigenvalue weighted by molar-refractivity contribution is -0.132. The Balaban J connectivity index is 1.85. The number of benzene rings is 3. The van der Waals surface area contributed by atoms with Crippen LogP contribution < -0.4 is 9.64 Å². The van der Waals surface area contributed by atoms with Crippen LogP contribution in [0.15, 0.2) is 78.4 Å². The molecule has 1 saturated heterocycles. The van der Waals surface area contributed by atoms with E-state index in [1.807, 2.05) is 62.4 Å². The molecule has 198 valence electrons. The lowest BCUT2D eigenvalue weighted by Crippen LogP contribution is -2.29. The van der Waals surface area contributed by atoms with Crippen LogP contribution in [-0.2, 0) is 15.0 Å². The van der Waals surface area contributed by atoms with E-state index < -0.39 is 17.7 Å². The molecule has 0 saturated carbocycles. The fourth-order valence-corrected chi connectivity index (χ4v) is 4.72. The Morgan fingerprint density at radius 2 is 1.42 bits per heavy atom. The number of hydrogen-bond acceptors (Lipinski definition) is 4. The maximum absolute atomic E-state index is 13.5. The zero-order valence-corrected chi connectivity index (χ0v) is 23.3. The average molecular weight is 512 g/mol. The minimum Gasteiger partial charge on any atom is -0.507 e. The summed E-state index contributed by atoms with van der Waals surface area (Å²) in [7, 11) is 0. The largest absolute Gasteiger partial charge is 0.507 e. The lowest BCUT2D eigenvalue weighted by atomic mass is 9.85. The Labute approximate surface area is 225 Å². The molecule has 1 atom stereocenters. The molecule has 1 heterocycles. The number of aliphatic hydroxyl groups excluding tert-OH is 1. The highest BCUT2D eigenvalue weighted by atomic mass is 16.5. The van der Waals surface area contributed by atoms with Crippen LogP contribution in [0.25, 0.3) is 5.76 Å². The average Bonchev–Trinajstić information content (AvgIpc) is 3.13. The SMILES string of the molecule is CC(C)Oc1ccc(/C(O)=C2/C(=O)C(=O)N(c3ccc(C(C)C)cc3)C2c2ccc(C(C)(C)C)cc2)cc1. The molecule has 3 aromatic rings. The summed E-state index contributed by atoms with van der Waals surface area (Å²) in [6.45, 7) is 14.5. The van der Waals surface area contributed by atoms with Crippen molar-refractivity contribution < 1.29 is 19.4 Å². The zero-order chi connectivity index (χ0) is 27.8. The van der Waals surface area contributed by atoms with Gasteiger partial charge < -0.3 is 9.84 Å². The number of amides is 1. The third-order valence-corrected chi connectivity index (χ3v) is 6.87. The van der Waals surface area contributed by atoms with Gasteiger partial charge >= 0.3 is 0 Å². The number of carbonyl (C=O) groups excluding carboxylic acids is 2. The van der Waals surface area contributed by atoms with Gasteiger partial charge in [0.1, 0.15) is 11.5 Å². The molecular formula is C33H37NO4. The van der Waals surface area contributed by atoms with E-state index in [0.717, 1.165) is 16.7 Å². The quantitative estimate of drug-likeness (QED) is 0.211. The van der Waals surface area contributed by atoms with Gasteiger partial charge in [-0.1, -0.05) is 71.0 Å². The van der Waals surface area contributed by atoms with Crippen LogP contribution in [0.4, 0.5) is 5.69 Å². The van der Waals surface area contributed by atoms with Crippen molar-refractivity contribution in [3.8, 4) is 5.75 Å². The zero-order valence-electron chi connectivity index (χ0n) is 23.3. The summed E-state index contributed by atoms with van der Waals surface area (Å²) < 4.78 is 5.72. The van der Waals surface area contributed by atoms with Crippen LogP contribution in [0.2, 0.25) is 0 Å². The molecule has 3 aromatic carbocycles. The molecule has 4 rings (SSSR count). The number of carbonyl (C=O) groups is 2. The van der Waals surface area contributed by atoms with Crippen LogP contribution in [0.5, 0.6) is 5.75 Å². The normalized spacial score (nSPS) is 17.5. The van der Waals surface area contributed by atoms with Gasteiger partial charge in [-0.3, -0.25) is 14.5 Å². The molecule has 1 aliphatic rings. The Hall–Kier alpha value is -3.86. The second kappa shape index (κ2) is 10.5. The number of rotatable bonds is 6. The van der Waals surface area contributed by atoms with Crippen LogP contribution in [0.1, 0.15) is 82.7 Å². The van der Waals surface area contributed by atoms with Crippen LogP contribution >= 0.6 is 0 Å². The predicted octanol–water partition coefficient (Wildman–Crippen LogP) is 7.52. The van der Waals surface area contributed by atoms with Gasteiger partial charge in [0.15, 0.2) is 0 Å². The summed E-state index contributed by atoms with van der Waals surface area (Å²) in [6, 6.07) is 21.8. The Kier molecular flexibility index (Phi) is 7.50. The van der Waals surface area contributed by atoms with Gasteiger partial charge in [0.05, 0.1) is 17.7 Å². The molecule has 5 heteroatoms. The standard InChI is InChI=1S/C33H37NO4/c1-20(2)22-10-16-26(17-11-22)34-29(23-8-14-25(15-9-23)33(5,6)7)28(31(36)32(34)37)30(35)24-12-18-27(19-13-24)38-21(3)4/h8-21,29,35H,1-7H3/b30-28-. The molecule has 0 spiro atoms. The Morgan fingerprint density at radius 1 is 0.842 bits per heavy atom. The number of ketones is 1. The van der Waals surface area contributed by atoms with Crippen molar-refractivity contribution in [3.63, 3.8) is 0 Å². The number of hydrogen-bond donors (Lipinski definition) is 1. The summed E-state index contributed by atoms with van der Waals surface area (Å²) in [5, 5.41) is 11.4. The molecule has 0 aliphatic carbocycles. The first-order valence-electron chi connectivity index (χ1n) is 13.2. The van der Waals surface area contributed by atoms with E-state index >= 15 is 0 Å². The summed E-state index contributed by atoms with van der Waals surface area (Å²) >= 11 is 0. The van der Waals surface area contributed by atoms with Crippen LogP contribution in [-0.4, -0.2) is 22.9 Å². The van der Waals surface area contributed by atoms with Crippen molar-refractivity contribution in [2.24, 2.45) is 0 Å². The van der Waals surface area contributed by atoms with Crippen molar-refractivity contribution in [1.82, 2.24) is 0 Å². The monoisotopic (exact) mass is 511 g/mol. The third-order valence-electron chi connectivity index (χ3n) is 6.87. The Bertz CT molecular complexity index is 1340. The van der Waals surface area contributed by atoms with Gasteiger partial charge in [-0.15, -0.1) is 0 Å². The molecule has 0 bridgehead atoms. The highest BCUT2D eigenvalue weighted by molar-refractivity contribution is 6.51. The van der Waals surface area contributed by atoms with Gasteiger partial charge in [0.2, 0.25) is 0 Å². The summed E-state index contributed by atoms with van der Waals surface area (Å²) in [4.78, 5) is 28.4. The summed E-state index contributed by atoms with van der Waals surface area (Å²) in [5.41, 5.74) is 4.12. The maximum Gasteiger partial charge on any atom is 0.300 e. The van der Waals surface area contributed by atoms with Crippen molar-refractivity contribution in [2.75, 3.05) is 4.90 Å². The molecule has 38 heavy (non-hydrogen) atoms. The first kappa shape index (κ1) is 27.2. The second-order valence-electron chi connectivity index (χ2n) is 11.5. The number of nitrogens with zero attached hydrogens (tertiary/aromatic N) is 1. The summed E-state index contributed by atoms with van der Waals surface area (Å²) in [6.07, 6.45) is 0.0120.